The summed E-state index contributed by atoms with van der Waals surface area (Å²) in [5, 5.41) is 12.3. The lowest BCUT2D eigenvalue weighted by molar-refractivity contribution is 0.0763. The van der Waals surface area contributed by atoms with Crippen LogP contribution in [0.25, 0.3) is 21.1 Å². The van der Waals surface area contributed by atoms with Crippen molar-refractivity contribution in [3.8, 4) is 11.8 Å². The van der Waals surface area contributed by atoms with Crippen LogP contribution in [0.15, 0.2) is 61.1 Å². The zero-order chi connectivity index (χ0) is 28.5. The summed E-state index contributed by atoms with van der Waals surface area (Å²) in [4.78, 5) is 23.9. The zero-order valence-electron chi connectivity index (χ0n) is 22.7. The van der Waals surface area contributed by atoms with Gasteiger partial charge in [-0.1, -0.05) is 24.0 Å². The lowest BCUT2D eigenvalue weighted by Crippen LogP contribution is -2.32. The number of nitrogens with zero attached hydrogens (tertiary/aromatic N) is 5. The quantitative estimate of drug-likeness (QED) is 0.273. The van der Waals surface area contributed by atoms with Crippen LogP contribution < -0.4 is 10.6 Å². The number of aromatic nitrogens is 4. The molecule has 5 aromatic rings. The largest absolute Gasteiger partial charge is 0.445 e. The predicted molar refractivity (Wildman–Crippen MR) is 160 cm³/mol. The number of thiophene rings is 1. The van der Waals surface area contributed by atoms with Crippen molar-refractivity contribution >= 4 is 50.1 Å². The van der Waals surface area contributed by atoms with Gasteiger partial charge in [0, 0.05) is 37.1 Å². The number of nitrogens with one attached hydrogen (secondary N) is 2. The summed E-state index contributed by atoms with van der Waals surface area (Å²) in [5.74, 6) is 7.01. The van der Waals surface area contributed by atoms with Gasteiger partial charge in [-0.25, -0.2) is 19.2 Å². The van der Waals surface area contributed by atoms with E-state index in [9.17, 15) is 9.18 Å². The SMILES string of the molecule is O=C(O[C@H]1CN[C@H](C#Cc2cc3ncnc(Nc4ccc5c(cnn5Cc5cccc(F)c5)c4)c3s2)C1)N1CCCC1. The lowest BCUT2D eigenvalue weighted by atomic mass is 10.2. The van der Waals surface area contributed by atoms with Crippen LogP contribution in [0.2, 0.25) is 0 Å². The van der Waals surface area contributed by atoms with E-state index in [1.165, 1.54) is 23.5 Å². The van der Waals surface area contributed by atoms with Crippen molar-refractivity contribution in [2.45, 2.75) is 38.0 Å². The van der Waals surface area contributed by atoms with Gasteiger partial charge in [0.15, 0.2) is 5.82 Å². The summed E-state index contributed by atoms with van der Waals surface area (Å²) in [6.45, 7) is 2.66. The average Bonchev–Trinajstić information content (AvgIpc) is 3.79. The maximum absolute atomic E-state index is 13.6. The summed E-state index contributed by atoms with van der Waals surface area (Å²) in [6.07, 6.45) is 5.74. The first-order chi connectivity index (χ1) is 20.6. The van der Waals surface area contributed by atoms with Crippen LogP contribution >= 0.6 is 11.3 Å². The number of fused-ring (bicyclic) bond motifs is 2. The van der Waals surface area contributed by atoms with Crippen molar-refractivity contribution in [2.24, 2.45) is 0 Å². The van der Waals surface area contributed by atoms with E-state index in [0.29, 0.717) is 25.3 Å². The molecule has 0 aliphatic carbocycles. The molecule has 212 valence electrons. The highest BCUT2D eigenvalue weighted by molar-refractivity contribution is 7.20. The number of amides is 1. The molecule has 3 aromatic heterocycles. The average molecular weight is 582 g/mol. The molecule has 2 fully saturated rings. The normalized spacial score (nSPS) is 18.4. The number of carbonyl (C=O) groups is 1. The molecule has 2 aromatic carbocycles. The minimum Gasteiger partial charge on any atom is -0.445 e. The molecule has 2 saturated heterocycles. The molecule has 0 bridgehead atoms. The molecular formula is C31H28FN7O2S. The number of anilines is 2. The third-order valence-corrected chi connectivity index (χ3v) is 8.58. The Hall–Kier alpha value is -4.53. The van der Waals surface area contributed by atoms with Crippen molar-refractivity contribution in [1.29, 1.82) is 0 Å². The molecule has 0 saturated carbocycles. The Balaban J connectivity index is 1.03. The van der Waals surface area contributed by atoms with E-state index in [1.807, 2.05) is 41.2 Å². The van der Waals surface area contributed by atoms with Crippen molar-refractivity contribution in [1.82, 2.24) is 30.0 Å². The first-order valence-corrected chi connectivity index (χ1v) is 14.8. The second-order valence-corrected chi connectivity index (χ2v) is 11.6. The summed E-state index contributed by atoms with van der Waals surface area (Å²) in [7, 11) is 0. The summed E-state index contributed by atoms with van der Waals surface area (Å²) in [6, 6.07) is 14.5. The molecule has 1 amide bonds. The monoisotopic (exact) mass is 581 g/mol. The van der Waals surface area contributed by atoms with Gasteiger partial charge in [0.1, 0.15) is 18.2 Å². The topological polar surface area (TPSA) is 97.2 Å². The third kappa shape index (κ3) is 5.64. The van der Waals surface area contributed by atoms with Gasteiger partial charge in [-0.3, -0.25) is 10.00 Å². The number of halogens is 1. The van der Waals surface area contributed by atoms with E-state index in [4.69, 9.17) is 4.74 Å². The highest BCUT2D eigenvalue weighted by atomic mass is 32.1. The lowest BCUT2D eigenvalue weighted by Gasteiger charge is -2.18. The van der Waals surface area contributed by atoms with E-state index in [2.05, 4.69) is 37.5 Å². The highest BCUT2D eigenvalue weighted by Crippen LogP contribution is 2.31. The molecule has 0 spiro atoms. The van der Waals surface area contributed by atoms with Crippen molar-refractivity contribution in [2.75, 3.05) is 25.0 Å². The van der Waals surface area contributed by atoms with Crippen LogP contribution in [0.4, 0.5) is 20.7 Å². The van der Waals surface area contributed by atoms with Gasteiger partial charge in [-0.2, -0.15) is 5.10 Å². The van der Waals surface area contributed by atoms with Gasteiger partial charge in [-0.05, 0) is 54.8 Å². The van der Waals surface area contributed by atoms with E-state index in [-0.39, 0.29) is 24.1 Å². The third-order valence-electron chi connectivity index (χ3n) is 7.53. The fourth-order valence-electron chi connectivity index (χ4n) is 5.42. The second kappa shape index (κ2) is 11.4. The van der Waals surface area contributed by atoms with Gasteiger partial charge in [0.05, 0.1) is 39.4 Å². The minimum absolute atomic E-state index is 0.0381. The first-order valence-electron chi connectivity index (χ1n) is 14.0. The predicted octanol–water partition coefficient (Wildman–Crippen LogP) is 5.29. The Morgan fingerprint density at radius 2 is 2.07 bits per heavy atom. The van der Waals surface area contributed by atoms with Crippen LogP contribution in [-0.4, -0.2) is 62.5 Å². The fourth-order valence-corrected chi connectivity index (χ4v) is 6.34. The van der Waals surface area contributed by atoms with E-state index in [1.54, 1.807) is 17.3 Å². The van der Waals surface area contributed by atoms with Gasteiger partial charge in [-0.15, -0.1) is 11.3 Å². The smallest absolute Gasteiger partial charge is 0.410 e. The number of carbonyl (C=O) groups excluding carboxylic acids is 1. The van der Waals surface area contributed by atoms with E-state index >= 15 is 0 Å². The number of hydrogen-bond donors (Lipinski definition) is 2. The Kier molecular flexibility index (Phi) is 7.15. The minimum atomic E-state index is -0.256. The number of rotatable bonds is 5. The van der Waals surface area contributed by atoms with Crippen molar-refractivity contribution < 1.29 is 13.9 Å². The standard InChI is InChI=1S/C31H28FN7O2S/c32-22-5-3-4-20(12-22)18-39-28-9-7-24(13-21(28)16-36-39)37-30-29-27(34-19-35-30)15-26(42-29)8-6-23-14-25(17-33-23)41-31(40)38-10-1-2-11-38/h3-5,7,9,12-13,15-16,19,23,25,33H,1-2,10-11,14,17-18H2,(H,34,35,37)/t23-,25-/m1/s1. The molecular weight excluding hydrogens is 553 g/mol. The maximum atomic E-state index is 13.6. The summed E-state index contributed by atoms with van der Waals surface area (Å²) < 4.78 is 22.1. The molecule has 0 unspecified atom stereocenters. The maximum Gasteiger partial charge on any atom is 0.410 e. The number of ether oxygens (including phenoxy) is 1. The van der Waals surface area contributed by atoms with Gasteiger partial charge >= 0.3 is 6.09 Å². The van der Waals surface area contributed by atoms with Crippen molar-refractivity contribution in [3.63, 3.8) is 0 Å². The van der Waals surface area contributed by atoms with E-state index < -0.39 is 0 Å². The molecule has 2 atom stereocenters. The van der Waals surface area contributed by atoms with Gasteiger partial charge in [0.25, 0.3) is 0 Å². The van der Waals surface area contributed by atoms with Crippen LogP contribution in [0.1, 0.15) is 29.7 Å². The Labute approximate surface area is 245 Å². The summed E-state index contributed by atoms with van der Waals surface area (Å²) in [5.41, 5.74) is 3.51. The molecule has 2 N–H and O–H groups in total. The molecule has 2 aliphatic heterocycles. The van der Waals surface area contributed by atoms with E-state index in [0.717, 1.165) is 63.2 Å². The number of benzene rings is 2. The Bertz CT molecular complexity index is 1840. The molecule has 2 aliphatic rings. The molecule has 9 nitrogen and oxygen atoms in total. The molecule has 42 heavy (non-hydrogen) atoms. The molecule has 0 radical (unpaired) electrons. The van der Waals surface area contributed by atoms with Crippen LogP contribution in [0.5, 0.6) is 0 Å². The Morgan fingerprint density at radius 3 is 2.95 bits per heavy atom. The second-order valence-electron chi connectivity index (χ2n) is 10.5. The van der Waals surface area contributed by atoms with Crippen molar-refractivity contribution in [3.05, 3.63) is 77.3 Å². The Morgan fingerprint density at radius 1 is 1.17 bits per heavy atom. The molecule has 5 heterocycles. The molecule has 11 heteroatoms. The van der Waals surface area contributed by atoms with Gasteiger partial charge < -0.3 is 15.0 Å². The molecule has 7 rings (SSSR count). The van der Waals surface area contributed by atoms with Crippen LogP contribution in [-0.2, 0) is 11.3 Å². The van der Waals surface area contributed by atoms with Crippen LogP contribution in [0, 0.1) is 17.7 Å². The number of hydrogen-bond acceptors (Lipinski definition) is 8. The fraction of sp³-hybridized carbons (Fsp3) is 0.290. The zero-order valence-corrected chi connectivity index (χ0v) is 23.5. The number of likely N-dealkylation sites (tertiary alicyclic amines) is 1. The van der Waals surface area contributed by atoms with Crippen LogP contribution in [0.3, 0.4) is 0 Å². The van der Waals surface area contributed by atoms with Gasteiger partial charge in [0.2, 0.25) is 0 Å². The summed E-state index contributed by atoms with van der Waals surface area (Å²) >= 11 is 1.54. The highest BCUT2D eigenvalue weighted by Gasteiger charge is 2.28. The first kappa shape index (κ1) is 26.4.